The molecule has 7 nitrogen and oxygen atoms in total. The van der Waals surface area contributed by atoms with Gasteiger partial charge in [0.1, 0.15) is 0 Å². The lowest BCUT2D eigenvalue weighted by Crippen LogP contribution is -2.26. The van der Waals surface area contributed by atoms with Crippen molar-refractivity contribution in [3.05, 3.63) is 34.5 Å². The van der Waals surface area contributed by atoms with Crippen molar-refractivity contribution in [1.29, 1.82) is 0 Å². The summed E-state index contributed by atoms with van der Waals surface area (Å²) < 4.78 is 5.22. The Morgan fingerprint density at radius 1 is 1.38 bits per heavy atom. The number of rotatable bonds is 6. The Morgan fingerprint density at radius 3 is 3.08 bits per heavy atom. The first-order valence-electron chi connectivity index (χ1n) is 8.60. The molecule has 0 spiro atoms. The van der Waals surface area contributed by atoms with Crippen LogP contribution in [-0.2, 0) is 11.2 Å². The number of carbonyl (C=O) groups is 1. The highest BCUT2D eigenvalue weighted by Crippen LogP contribution is 2.31. The van der Waals surface area contributed by atoms with Crippen LogP contribution >= 0.6 is 22.7 Å². The third-order valence-electron chi connectivity index (χ3n) is 4.29. The fourth-order valence-corrected chi connectivity index (χ4v) is 4.55. The lowest BCUT2D eigenvalue weighted by molar-refractivity contribution is -0.116. The Kier molecular flexibility index (Phi) is 5.37. The maximum absolute atomic E-state index is 12.2. The van der Waals surface area contributed by atoms with Crippen molar-refractivity contribution in [2.45, 2.75) is 31.6 Å². The van der Waals surface area contributed by atoms with Crippen molar-refractivity contribution in [2.75, 3.05) is 18.4 Å². The Morgan fingerprint density at radius 2 is 2.27 bits per heavy atom. The molecule has 4 heterocycles. The average Bonchev–Trinajstić information content (AvgIpc) is 3.41. The molecule has 26 heavy (non-hydrogen) atoms. The highest BCUT2D eigenvalue weighted by atomic mass is 32.1. The van der Waals surface area contributed by atoms with Gasteiger partial charge in [0.15, 0.2) is 5.13 Å². The zero-order valence-electron chi connectivity index (χ0n) is 14.1. The number of aryl methyl sites for hydroxylation is 1. The molecule has 1 fully saturated rings. The predicted octanol–water partition coefficient (Wildman–Crippen LogP) is 3.29. The topological polar surface area (TPSA) is 92.9 Å². The van der Waals surface area contributed by atoms with Crippen molar-refractivity contribution >= 4 is 33.7 Å². The van der Waals surface area contributed by atoms with E-state index in [-0.39, 0.29) is 12.3 Å². The van der Waals surface area contributed by atoms with E-state index in [1.807, 2.05) is 23.7 Å². The summed E-state index contributed by atoms with van der Waals surface area (Å²) in [6, 6.07) is 3.88. The van der Waals surface area contributed by atoms with Crippen LogP contribution in [0.4, 0.5) is 5.13 Å². The first kappa shape index (κ1) is 17.3. The van der Waals surface area contributed by atoms with E-state index in [1.54, 1.807) is 22.7 Å². The van der Waals surface area contributed by atoms with E-state index in [2.05, 4.69) is 25.8 Å². The molecule has 1 aliphatic rings. The van der Waals surface area contributed by atoms with E-state index in [0.717, 1.165) is 30.8 Å². The maximum atomic E-state index is 12.2. The Balaban J connectivity index is 1.28. The normalized spacial score (nSPS) is 15.2. The largest absolute Gasteiger partial charge is 0.339 e. The second kappa shape index (κ2) is 8.07. The number of amides is 1. The quantitative estimate of drug-likeness (QED) is 0.672. The third kappa shape index (κ3) is 4.17. The van der Waals surface area contributed by atoms with Gasteiger partial charge in [0.05, 0.1) is 4.88 Å². The number of anilines is 1. The second-order valence-electron chi connectivity index (χ2n) is 6.13. The summed E-state index contributed by atoms with van der Waals surface area (Å²) in [5.41, 5.74) is 0. The van der Waals surface area contributed by atoms with Crippen LogP contribution in [0.3, 0.4) is 0 Å². The van der Waals surface area contributed by atoms with Crippen molar-refractivity contribution in [3.8, 4) is 10.7 Å². The minimum Gasteiger partial charge on any atom is -0.339 e. The third-order valence-corrected chi connectivity index (χ3v) is 6.23. The molecule has 0 radical (unpaired) electrons. The fraction of sp³-hybridized carbons (Fsp3) is 0.412. The van der Waals surface area contributed by atoms with E-state index in [1.165, 1.54) is 4.88 Å². The average molecular weight is 390 g/mol. The highest BCUT2D eigenvalue weighted by Gasteiger charge is 2.18. The smallest absolute Gasteiger partial charge is 0.227 e. The molecule has 136 valence electrons. The van der Waals surface area contributed by atoms with Crippen molar-refractivity contribution in [1.82, 2.24) is 20.4 Å². The van der Waals surface area contributed by atoms with Gasteiger partial charge in [-0.15, -0.1) is 22.7 Å². The van der Waals surface area contributed by atoms with Gasteiger partial charge in [-0.3, -0.25) is 4.79 Å². The van der Waals surface area contributed by atoms with Crippen LogP contribution in [0, 0.1) is 0 Å². The van der Waals surface area contributed by atoms with Crippen LogP contribution in [0.15, 0.2) is 28.2 Å². The molecule has 4 rings (SSSR count). The summed E-state index contributed by atoms with van der Waals surface area (Å²) in [5, 5.41) is 12.8. The molecular weight excluding hydrogens is 370 g/mol. The standard InChI is InChI=1S/C17H19N5O2S2/c23-14(3-4-15-21-16(22-24-15)12-2-1-9-25-12)20-17-19-10-13(26-17)11-5-7-18-8-6-11/h1-2,9-11,18H,3-8H2,(H,19,20,23). The molecule has 2 N–H and O–H groups in total. The number of hydrogen-bond donors (Lipinski definition) is 2. The first-order valence-corrected chi connectivity index (χ1v) is 10.3. The molecule has 1 amide bonds. The molecule has 0 aromatic carbocycles. The zero-order chi connectivity index (χ0) is 17.8. The molecule has 1 saturated heterocycles. The van der Waals surface area contributed by atoms with Crippen LogP contribution in [0.2, 0.25) is 0 Å². The van der Waals surface area contributed by atoms with E-state index >= 15 is 0 Å². The maximum Gasteiger partial charge on any atom is 0.227 e. The first-order chi connectivity index (χ1) is 12.8. The van der Waals surface area contributed by atoms with Crippen molar-refractivity contribution < 1.29 is 9.32 Å². The second-order valence-corrected chi connectivity index (χ2v) is 8.14. The number of thiophene rings is 1. The Labute approximate surface area is 158 Å². The van der Waals surface area contributed by atoms with Crippen molar-refractivity contribution in [2.24, 2.45) is 0 Å². The minimum absolute atomic E-state index is 0.0907. The number of nitrogens with one attached hydrogen (secondary N) is 2. The molecular formula is C17H19N5O2S2. The van der Waals surface area contributed by atoms with Crippen LogP contribution in [0.1, 0.15) is 35.9 Å². The van der Waals surface area contributed by atoms with Gasteiger partial charge in [0, 0.05) is 23.9 Å². The molecule has 0 bridgehead atoms. The minimum atomic E-state index is -0.0907. The van der Waals surface area contributed by atoms with Crippen LogP contribution in [-0.4, -0.2) is 34.1 Å². The number of piperidine rings is 1. The van der Waals surface area contributed by atoms with Gasteiger partial charge in [-0.1, -0.05) is 11.2 Å². The summed E-state index contributed by atoms with van der Waals surface area (Å²) in [6.07, 6.45) is 4.84. The van der Waals surface area contributed by atoms with Gasteiger partial charge in [-0.05, 0) is 43.3 Å². The number of carbonyl (C=O) groups excluding carboxylic acids is 1. The van der Waals surface area contributed by atoms with Gasteiger partial charge in [0.2, 0.25) is 17.6 Å². The molecule has 3 aromatic rings. The van der Waals surface area contributed by atoms with E-state index in [0.29, 0.717) is 29.2 Å². The van der Waals surface area contributed by atoms with Crippen LogP contribution in [0.5, 0.6) is 0 Å². The summed E-state index contributed by atoms with van der Waals surface area (Å²) in [7, 11) is 0. The van der Waals surface area contributed by atoms with E-state index in [4.69, 9.17) is 4.52 Å². The summed E-state index contributed by atoms with van der Waals surface area (Å²) in [6.45, 7) is 2.09. The lowest BCUT2D eigenvalue weighted by Gasteiger charge is -2.20. The van der Waals surface area contributed by atoms with E-state index in [9.17, 15) is 4.79 Å². The summed E-state index contributed by atoms with van der Waals surface area (Å²) >= 11 is 3.13. The monoisotopic (exact) mass is 389 g/mol. The molecule has 9 heteroatoms. The number of thiazole rings is 1. The van der Waals surface area contributed by atoms with Gasteiger partial charge < -0.3 is 15.2 Å². The van der Waals surface area contributed by atoms with Crippen molar-refractivity contribution in [3.63, 3.8) is 0 Å². The Hall–Kier alpha value is -2.10. The molecule has 0 saturated carbocycles. The summed E-state index contributed by atoms with van der Waals surface area (Å²) in [4.78, 5) is 23.0. The number of aromatic nitrogens is 3. The van der Waals surface area contributed by atoms with Gasteiger partial charge in [-0.2, -0.15) is 4.98 Å². The lowest BCUT2D eigenvalue weighted by atomic mass is 9.97. The summed E-state index contributed by atoms with van der Waals surface area (Å²) in [5.74, 6) is 1.50. The van der Waals surface area contributed by atoms with Crippen LogP contribution in [0.25, 0.3) is 10.7 Å². The fourth-order valence-electron chi connectivity index (χ4n) is 2.90. The SMILES string of the molecule is O=C(CCc1nc(-c2cccs2)no1)Nc1ncc(C2CCNCC2)s1. The molecule has 0 atom stereocenters. The van der Waals surface area contributed by atoms with Gasteiger partial charge >= 0.3 is 0 Å². The number of nitrogens with zero attached hydrogens (tertiary/aromatic N) is 3. The molecule has 0 aliphatic carbocycles. The predicted molar refractivity (Wildman–Crippen MR) is 102 cm³/mol. The van der Waals surface area contributed by atoms with Gasteiger partial charge in [-0.25, -0.2) is 4.98 Å². The van der Waals surface area contributed by atoms with Gasteiger partial charge in [0.25, 0.3) is 0 Å². The molecule has 1 aliphatic heterocycles. The van der Waals surface area contributed by atoms with Crippen LogP contribution < -0.4 is 10.6 Å². The number of hydrogen-bond acceptors (Lipinski definition) is 8. The van der Waals surface area contributed by atoms with E-state index < -0.39 is 0 Å². The molecule has 3 aromatic heterocycles. The highest BCUT2D eigenvalue weighted by molar-refractivity contribution is 7.15. The molecule has 0 unspecified atom stereocenters. The zero-order valence-corrected chi connectivity index (χ0v) is 15.7. The Bertz CT molecular complexity index is 852.